The van der Waals surface area contributed by atoms with Gasteiger partial charge in [0.2, 0.25) is 11.8 Å². The summed E-state index contributed by atoms with van der Waals surface area (Å²) in [6, 6.07) is 22.3. The lowest BCUT2D eigenvalue weighted by Crippen LogP contribution is -2.58. The monoisotopic (exact) mass is 902 g/mol. The number of benzene rings is 2. The Labute approximate surface area is 384 Å². The van der Waals surface area contributed by atoms with Crippen LogP contribution in [-0.2, 0) is 38.5 Å². The van der Waals surface area contributed by atoms with E-state index in [1.54, 1.807) is 24.0 Å². The fraction of sp³-hybridized carbons (Fsp3) is 0.388. The van der Waals surface area contributed by atoms with Crippen LogP contribution in [0.15, 0.2) is 109 Å². The molecule has 5 aromatic rings. The van der Waals surface area contributed by atoms with Gasteiger partial charge in [-0.3, -0.25) is 29.3 Å². The number of carbonyl (C=O) groups excluding carboxylic acids is 5. The van der Waals surface area contributed by atoms with Crippen LogP contribution in [0.4, 0.5) is 9.59 Å². The molecule has 1 unspecified atom stereocenters. The highest BCUT2D eigenvalue weighted by atomic mass is 32.1. The van der Waals surface area contributed by atoms with Gasteiger partial charge in [0.25, 0.3) is 5.91 Å². The molecule has 16 heteroatoms. The Hall–Kier alpha value is -6.52. The highest BCUT2D eigenvalue weighted by Gasteiger charge is 2.45. The fourth-order valence-corrected chi connectivity index (χ4v) is 8.66. The Balaban J connectivity index is 1.25. The highest BCUT2D eigenvalue weighted by Crippen LogP contribution is 2.28. The zero-order valence-corrected chi connectivity index (χ0v) is 38.5. The van der Waals surface area contributed by atoms with E-state index in [-0.39, 0.29) is 31.8 Å². The molecule has 0 spiro atoms. The number of pyridine rings is 2. The maximum atomic E-state index is 14.7. The minimum atomic E-state index is -1.22. The number of rotatable bonds is 19. The number of amides is 6. The summed E-state index contributed by atoms with van der Waals surface area (Å²) >= 11 is 1.38. The number of hydrogen-bond acceptors (Lipinski definition) is 11. The molecule has 6 atom stereocenters. The molecule has 1 aliphatic rings. The summed E-state index contributed by atoms with van der Waals surface area (Å²) in [5.74, 6) is -1.81. The zero-order chi connectivity index (χ0) is 46.7. The topological polar surface area (TPSA) is 196 Å². The van der Waals surface area contributed by atoms with E-state index in [1.807, 2.05) is 120 Å². The van der Waals surface area contributed by atoms with E-state index >= 15 is 0 Å². The lowest BCUT2D eigenvalue weighted by molar-refractivity contribution is -0.130. The predicted molar refractivity (Wildman–Crippen MR) is 248 cm³/mol. The van der Waals surface area contributed by atoms with Gasteiger partial charge in [0.05, 0.1) is 37.2 Å². The third kappa shape index (κ3) is 12.6. The number of ether oxygens (including phenoxy) is 1. The van der Waals surface area contributed by atoms with Crippen LogP contribution in [0.5, 0.6) is 0 Å². The quantitative estimate of drug-likeness (QED) is 0.0672. The summed E-state index contributed by atoms with van der Waals surface area (Å²) in [6.45, 7) is 8.88. The average molecular weight is 903 g/mol. The minimum absolute atomic E-state index is 0.00181. The Morgan fingerprint density at radius 1 is 0.862 bits per heavy atom. The molecule has 4 heterocycles. The molecular formula is C49H58N8O7S. The normalized spacial score (nSPS) is 15.7. The van der Waals surface area contributed by atoms with Crippen molar-refractivity contribution < 1.29 is 33.8 Å². The number of nitrogens with zero attached hydrogens (tertiary/aromatic N) is 5. The van der Waals surface area contributed by atoms with Crippen molar-refractivity contribution in [1.29, 1.82) is 0 Å². The summed E-state index contributed by atoms with van der Waals surface area (Å²) in [4.78, 5) is 84.4. The number of aromatic nitrogens is 3. The lowest BCUT2D eigenvalue weighted by atomic mass is 9.85. The second kappa shape index (κ2) is 21.9. The van der Waals surface area contributed by atoms with Gasteiger partial charge in [-0.25, -0.2) is 14.6 Å². The number of alkyl carbamates (subject to hydrolysis) is 1. The number of imide groups is 1. The van der Waals surface area contributed by atoms with Crippen LogP contribution in [0.2, 0.25) is 0 Å². The molecule has 342 valence electrons. The number of aliphatic hydroxyl groups is 1. The van der Waals surface area contributed by atoms with Crippen LogP contribution in [0, 0.1) is 11.3 Å². The first-order valence-electron chi connectivity index (χ1n) is 21.8. The van der Waals surface area contributed by atoms with Crippen LogP contribution in [0.3, 0.4) is 0 Å². The van der Waals surface area contributed by atoms with E-state index in [9.17, 15) is 29.1 Å². The van der Waals surface area contributed by atoms with Gasteiger partial charge < -0.3 is 30.7 Å². The Kier molecular flexibility index (Phi) is 16.2. The molecule has 6 amide bonds. The van der Waals surface area contributed by atoms with Gasteiger partial charge in [-0.15, -0.1) is 11.3 Å². The van der Waals surface area contributed by atoms with Crippen LogP contribution in [-0.4, -0.2) is 104 Å². The van der Waals surface area contributed by atoms with Gasteiger partial charge in [-0.2, -0.15) is 0 Å². The van der Waals surface area contributed by atoms with Crippen molar-refractivity contribution in [3.63, 3.8) is 0 Å². The SMILES string of the molecule is CCC(C)[C@@H](C(=O)N[C@@H](Cc1ccccc1)[C@@H](O)C[C@H](Cc1ccc(-c2ccccn2)cc1)NC(=O)[C@@H](NC(=O)OC)C(C)(C)C)N1CC(=O)N(Cc2csc(-c3cccnc3)n2)C1=O. The van der Waals surface area contributed by atoms with Crippen LogP contribution >= 0.6 is 11.3 Å². The molecule has 6 rings (SSSR count). The zero-order valence-electron chi connectivity index (χ0n) is 37.6. The van der Waals surface area contributed by atoms with Crippen molar-refractivity contribution in [2.45, 2.75) is 97.1 Å². The van der Waals surface area contributed by atoms with Crippen LogP contribution in [0.1, 0.15) is 64.3 Å². The molecule has 0 radical (unpaired) electrons. The first-order valence-corrected chi connectivity index (χ1v) is 22.7. The van der Waals surface area contributed by atoms with Crippen molar-refractivity contribution >= 4 is 41.2 Å². The molecule has 0 saturated carbocycles. The largest absolute Gasteiger partial charge is 0.453 e. The Bertz CT molecular complexity index is 2380. The molecular weight excluding hydrogens is 845 g/mol. The second-order valence-corrected chi connectivity index (χ2v) is 18.3. The smallest absolute Gasteiger partial charge is 0.407 e. The van der Waals surface area contributed by atoms with Crippen LogP contribution in [0.25, 0.3) is 21.8 Å². The van der Waals surface area contributed by atoms with Gasteiger partial charge in [0.1, 0.15) is 23.6 Å². The molecule has 15 nitrogen and oxygen atoms in total. The van der Waals surface area contributed by atoms with E-state index < -0.39 is 65.5 Å². The van der Waals surface area contributed by atoms with Crippen molar-refractivity contribution in [2.75, 3.05) is 13.7 Å². The standard InChI is InChI=1S/C49H58N8O7S/c1-7-31(2)42(57-29-41(59)56(48(57)63)28-37-30-65-46(53-37)35-16-13-22-50-27-35)44(60)54-39(25-32-14-9-8-10-15-32)40(58)26-36(52-45(61)43(49(3,4)5)55-47(62)64-6)24-33-18-20-34(21-19-33)38-17-11-12-23-51-38/h8-23,27,30-31,36,39-40,42-43,58H,7,24-26,28-29H2,1-6H3,(H,52,61)(H,54,60)(H,55,62)/t31?,36-,39-,40-,42-,43+/m0/s1. The lowest BCUT2D eigenvalue weighted by Gasteiger charge is -2.35. The fourth-order valence-electron chi connectivity index (χ4n) is 7.86. The predicted octanol–water partition coefficient (Wildman–Crippen LogP) is 6.42. The number of nitrogens with one attached hydrogen (secondary N) is 3. The summed E-state index contributed by atoms with van der Waals surface area (Å²) in [5.41, 5.74) is 4.06. The minimum Gasteiger partial charge on any atom is -0.453 e. The van der Waals surface area contributed by atoms with Crippen molar-refractivity contribution in [2.24, 2.45) is 11.3 Å². The van der Waals surface area contributed by atoms with Crippen molar-refractivity contribution in [3.05, 3.63) is 126 Å². The summed E-state index contributed by atoms with van der Waals surface area (Å²) in [6.07, 6.45) is 4.14. The Morgan fingerprint density at radius 3 is 2.23 bits per heavy atom. The third-order valence-corrected chi connectivity index (χ3v) is 12.5. The van der Waals surface area contributed by atoms with Gasteiger partial charge in [-0.1, -0.05) is 102 Å². The second-order valence-electron chi connectivity index (χ2n) is 17.5. The third-order valence-electron chi connectivity index (χ3n) is 11.6. The van der Waals surface area contributed by atoms with E-state index in [2.05, 4.69) is 30.9 Å². The van der Waals surface area contributed by atoms with Gasteiger partial charge >= 0.3 is 12.1 Å². The summed E-state index contributed by atoms with van der Waals surface area (Å²) in [7, 11) is 1.23. The van der Waals surface area contributed by atoms with Crippen molar-refractivity contribution in [3.8, 4) is 21.8 Å². The average Bonchev–Trinajstić information content (AvgIpc) is 3.88. The summed E-state index contributed by atoms with van der Waals surface area (Å²) < 4.78 is 4.84. The number of carbonyl (C=O) groups is 5. The van der Waals surface area contributed by atoms with E-state index in [4.69, 9.17) is 4.74 Å². The van der Waals surface area contributed by atoms with Gasteiger partial charge in [0, 0.05) is 41.1 Å². The summed E-state index contributed by atoms with van der Waals surface area (Å²) in [5, 5.41) is 23.6. The van der Waals surface area contributed by atoms with Gasteiger partial charge in [0.15, 0.2) is 0 Å². The van der Waals surface area contributed by atoms with E-state index in [1.165, 1.54) is 23.3 Å². The number of thiazole rings is 1. The van der Waals surface area contributed by atoms with E-state index in [0.29, 0.717) is 23.5 Å². The Morgan fingerprint density at radius 2 is 1.58 bits per heavy atom. The molecule has 1 aliphatic heterocycles. The van der Waals surface area contributed by atoms with Gasteiger partial charge in [-0.05, 0) is 66.0 Å². The molecule has 0 aliphatic carbocycles. The number of hydrogen-bond donors (Lipinski definition) is 4. The molecule has 3 aromatic heterocycles. The first kappa shape index (κ1) is 47.9. The number of urea groups is 1. The number of methoxy groups -OCH3 is 1. The molecule has 1 fully saturated rings. The van der Waals surface area contributed by atoms with E-state index in [0.717, 1.165) is 32.8 Å². The first-order chi connectivity index (χ1) is 31.1. The molecule has 65 heavy (non-hydrogen) atoms. The molecule has 4 N–H and O–H groups in total. The van der Waals surface area contributed by atoms with Crippen molar-refractivity contribution in [1.82, 2.24) is 40.7 Å². The number of aliphatic hydroxyl groups excluding tert-OH is 1. The maximum Gasteiger partial charge on any atom is 0.407 e. The molecule has 0 bridgehead atoms. The highest BCUT2D eigenvalue weighted by molar-refractivity contribution is 7.13. The van der Waals surface area contributed by atoms with Crippen LogP contribution < -0.4 is 16.0 Å². The maximum absolute atomic E-state index is 14.7. The molecule has 1 saturated heterocycles. The molecule has 2 aromatic carbocycles.